The van der Waals surface area contributed by atoms with Crippen LogP contribution >= 0.6 is 11.8 Å². The maximum atomic E-state index is 11.8. The number of carboxylic acids is 1. The lowest BCUT2D eigenvalue weighted by Gasteiger charge is -2.28. The number of hydrogen-bond acceptors (Lipinski definition) is 3. The van der Waals surface area contributed by atoms with E-state index in [2.05, 4.69) is 13.8 Å². The first-order valence-corrected chi connectivity index (χ1v) is 10.5. The van der Waals surface area contributed by atoms with E-state index < -0.39 is 11.2 Å². The Labute approximate surface area is 152 Å². The third kappa shape index (κ3) is 8.77. The number of benzene rings is 1. The molecule has 0 saturated heterocycles. The Balaban J connectivity index is 2.58. The minimum atomic E-state index is -0.907. The van der Waals surface area contributed by atoms with Crippen LogP contribution in [0.15, 0.2) is 35.2 Å². The Morgan fingerprint density at radius 1 is 0.917 bits per heavy atom. The van der Waals surface area contributed by atoms with Crippen molar-refractivity contribution >= 4 is 17.7 Å². The van der Waals surface area contributed by atoms with Crippen molar-refractivity contribution in [2.75, 3.05) is 0 Å². The van der Waals surface area contributed by atoms with Crippen LogP contribution in [0.1, 0.15) is 78.1 Å². The van der Waals surface area contributed by atoms with Gasteiger partial charge in [-0.1, -0.05) is 83.4 Å². The number of rotatable bonds is 14. The fourth-order valence-corrected chi connectivity index (χ4v) is 4.25. The molecule has 0 N–H and O–H groups in total. The van der Waals surface area contributed by atoms with Gasteiger partial charge in [-0.05, 0) is 30.9 Å². The van der Waals surface area contributed by atoms with Crippen LogP contribution in [0.5, 0.6) is 0 Å². The molecule has 2 atom stereocenters. The van der Waals surface area contributed by atoms with Crippen LogP contribution in [-0.4, -0.2) is 11.2 Å². The number of carbonyl (C=O) groups excluding carboxylic acids is 1. The fourth-order valence-electron chi connectivity index (χ4n) is 3.08. The molecule has 0 fully saturated rings. The van der Waals surface area contributed by atoms with Crippen molar-refractivity contribution in [2.24, 2.45) is 5.92 Å². The maximum absolute atomic E-state index is 11.8. The average Bonchev–Trinajstić information content (AvgIpc) is 2.59. The predicted octanol–water partition coefficient (Wildman–Crippen LogP) is 5.45. The smallest absolute Gasteiger partial charge is 0.0551 e. The summed E-state index contributed by atoms with van der Waals surface area (Å²) in [6, 6.07) is 9.86. The van der Waals surface area contributed by atoms with E-state index >= 15 is 0 Å². The van der Waals surface area contributed by atoms with Crippen LogP contribution in [0.2, 0.25) is 0 Å². The predicted molar refractivity (Wildman–Crippen MR) is 102 cm³/mol. The molecule has 2 unspecified atom stereocenters. The van der Waals surface area contributed by atoms with Gasteiger partial charge in [0.1, 0.15) is 0 Å². The van der Waals surface area contributed by atoms with Crippen molar-refractivity contribution in [1.29, 1.82) is 0 Å². The number of hydrogen-bond donors (Lipinski definition) is 0. The normalized spacial score (nSPS) is 13.6. The lowest BCUT2D eigenvalue weighted by molar-refractivity contribution is -0.305. The number of aliphatic carboxylic acids is 1. The van der Waals surface area contributed by atoms with Gasteiger partial charge in [0, 0.05) is 4.90 Å². The second-order valence-corrected chi connectivity index (χ2v) is 7.84. The summed E-state index contributed by atoms with van der Waals surface area (Å²) in [5, 5.41) is 11.3. The van der Waals surface area contributed by atoms with Gasteiger partial charge in [0.15, 0.2) is 0 Å². The molecule has 0 aliphatic heterocycles. The molecule has 1 aromatic carbocycles. The van der Waals surface area contributed by atoms with Crippen molar-refractivity contribution in [3.05, 3.63) is 30.3 Å². The largest absolute Gasteiger partial charge is 0.549 e. The lowest BCUT2D eigenvalue weighted by atomic mass is 9.92. The second-order valence-electron chi connectivity index (χ2n) is 6.63. The molecule has 0 aliphatic rings. The van der Waals surface area contributed by atoms with Gasteiger partial charge < -0.3 is 9.90 Å². The topological polar surface area (TPSA) is 40.1 Å². The Hall–Kier alpha value is -0.960. The van der Waals surface area contributed by atoms with E-state index in [1.807, 2.05) is 30.3 Å². The summed E-state index contributed by atoms with van der Waals surface area (Å²) in [6.45, 7) is 4.40. The third-order valence-corrected chi connectivity index (χ3v) is 5.90. The second kappa shape index (κ2) is 13.3. The summed E-state index contributed by atoms with van der Waals surface area (Å²) in [5.41, 5.74) is 0. The van der Waals surface area contributed by atoms with Crippen LogP contribution in [0.25, 0.3) is 0 Å². The molecule has 0 saturated carbocycles. The molecule has 1 aromatic rings. The summed E-state index contributed by atoms with van der Waals surface area (Å²) in [5.74, 6) is -0.692. The minimum absolute atomic E-state index is 0.214. The van der Waals surface area contributed by atoms with E-state index in [1.54, 1.807) is 0 Å². The monoisotopic (exact) mass is 349 g/mol. The van der Waals surface area contributed by atoms with Crippen molar-refractivity contribution in [3.63, 3.8) is 0 Å². The lowest BCUT2D eigenvalue weighted by Crippen LogP contribution is -2.38. The molecule has 0 spiro atoms. The molecule has 0 heterocycles. The highest BCUT2D eigenvalue weighted by atomic mass is 32.2. The summed E-state index contributed by atoms with van der Waals surface area (Å²) in [4.78, 5) is 12.8. The van der Waals surface area contributed by atoms with E-state index in [0.29, 0.717) is 0 Å². The maximum Gasteiger partial charge on any atom is 0.0551 e. The summed E-state index contributed by atoms with van der Waals surface area (Å²) < 4.78 is 0. The molecule has 24 heavy (non-hydrogen) atoms. The summed E-state index contributed by atoms with van der Waals surface area (Å²) in [7, 11) is 0. The van der Waals surface area contributed by atoms with Gasteiger partial charge in [-0.15, -0.1) is 11.8 Å². The number of unbranched alkanes of at least 4 members (excludes halogenated alkanes) is 6. The van der Waals surface area contributed by atoms with Gasteiger partial charge in [0.2, 0.25) is 0 Å². The zero-order valence-corrected chi connectivity index (χ0v) is 16.2. The Kier molecular flexibility index (Phi) is 11.7. The molecule has 0 radical (unpaired) electrons. The van der Waals surface area contributed by atoms with E-state index in [0.717, 1.165) is 37.0 Å². The van der Waals surface area contributed by atoms with E-state index in [4.69, 9.17) is 0 Å². The minimum Gasteiger partial charge on any atom is -0.549 e. The standard InChI is InChI=1S/C21H34O2S/c1-3-5-7-8-9-11-15-18(14-6-4-2)20(21(22)23)24-19-16-12-10-13-17-19/h10,12-13,16-18,20H,3-9,11,14-15H2,1-2H3,(H,22,23)/p-1. The van der Waals surface area contributed by atoms with Crippen LogP contribution in [0.4, 0.5) is 0 Å². The summed E-state index contributed by atoms with van der Waals surface area (Å²) in [6.07, 6.45) is 11.7. The highest BCUT2D eigenvalue weighted by Crippen LogP contribution is 2.33. The molecule has 3 heteroatoms. The molecule has 0 aromatic heterocycles. The molecule has 1 rings (SSSR count). The van der Waals surface area contributed by atoms with Crippen molar-refractivity contribution in [1.82, 2.24) is 0 Å². The number of carbonyl (C=O) groups is 1. The Bertz CT molecular complexity index is 433. The molecule has 0 bridgehead atoms. The Morgan fingerprint density at radius 3 is 2.12 bits per heavy atom. The highest BCUT2D eigenvalue weighted by molar-refractivity contribution is 8.00. The molecule has 136 valence electrons. The van der Waals surface area contributed by atoms with Crippen LogP contribution < -0.4 is 5.11 Å². The van der Waals surface area contributed by atoms with Gasteiger partial charge in [0.05, 0.1) is 11.2 Å². The first-order valence-electron chi connectivity index (χ1n) is 9.61. The van der Waals surface area contributed by atoms with Crippen molar-refractivity contribution < 1.29 is 9.90 Å². The SMILES string of the molecule is CCCCCCCCC(CCCC)C(Sc1ccccc1)C(=O)[O-]. The van der Waals surface area contributed by atoms with Crippen molar-refractivity contribution in [3.8, 4) is 0 Å². The van der Waals surface area contributed by atoms with Crippen LogP contribution in [0.3, 0.4) is 0 Å². The van der Waals surface area contributed by atoms with Gasteiger partial charge in [-0.3, -0.25) is 0 Å². The third-order valence-electron chi connectivity index (χ3n) is 4.52. The fraction of sp³-hybridized carbons (Fsp3) is 0.667. The Morgan fingerprint density at radius 2 is 1.50 bits per heavy atom. The first kappa shape index (κ1) is 21.1. The van der Waals surface area contributed by atoms with E-state index in [1.165, 1.54) is 43.9 Å². The van der Waals surface area contributed by atoms with E-state index in [9.17, 15) is 9.90 Å². The molecular weight excluding hydrogens is 316 g/mol. The highest BCUT2D eigenvalue weighted by Gasteiger charge is 2.23. The average molecular weight is 350 g/mol. The van der Waals surface area contributed by atoms with Gasteiger partial charge in [-0.25, -0.2) is 0 Å². The number of thioether (sulfide) groups is 1. The van der Waals surface area contributed by atoms with Crippen molar-refractivity contribution in [2.45, 2.75) is 88.2 Å². The molecule has 0 aliphatic carbocycles. The van der Waals surface area contributed by atoms with Crippen LogP contribution in [-0.2, 0) is 4.79 Å². The zero-order valence-electron chi connectivity index (χ0n) is 15.3. The first-order chi connectivity index (χ1) is 11.7. The molecule has 0 amide bonds. The van der Waals surface area contributed by atoms with Crippen LogP contribution in [0, 0.1) is 5.92 Å². The molecular formula is C21H33O2S-. The van der Waals surface area contributed by atoms with Gasteiger partial charge in [0.25, 0.3) is 0 Å². The molecule has 2 nitrogen and oxygen atoms in total. The van der Waals surface area contributed by atoms with E-state index in [-0.39, 0.29) is 5.92 Å². The van der Waals surface area contributed by atoms with Gasteiger partial charge in [-0.2, -0.15) is 0 Å². The number of carboxylic acid groups (broad SMARTS) is 1. The quantitative estimate of drug-likeness (QED) is 0.331. The van der Waals surface area contributed by atoms with Gasteiger partial charge >= 0.3 is 0 Å². The summed E-state index contributed by atoms with van der Waals surface area (Å²) >= 11 is 1.47. The zero-order chi connectivity index (χ0) is 17.6.